The third-order valence-corrected chi connectivity index (χ3v) is 4.15. The Labute approximate surface area is 147 Å². The number of benzene rings is 1. The summed E-state index contributed by atoms with van der Waals surface area (Å²) in [6, 6.07) is 5.26. The Morgan fingerprint density at radius 1 is 1.36 bits per heavy atom. The number of aliphatic carboxylic acids is 1. The zero-order valence-corrected chi connectivity index (χ0v) is 14.2. The van der Waals surface area contributed by atoms with Crippen molar-refractivity contribution in [1.29, 1.82) is 0 Å². The van der Waals surface area contributed by atoms with Gasteiger partial charge in [0.2, 0.25) is 11.9 Å². The van der Waals surface area contributed by atoms with E-state index in [9.17, 15) is 19.5 Å². The molecule has 0 aliphatic carbocycles. The van der Waals surface area contributed by atoms with Crippen LogP contribution >= 0.6 is 11.6 Å². The largest absolute Gasteiger partial charge is 0.479 e. The van der Waals surface area contributed by atoms with E-state index in [0.29, 0.717) is 10.7 Å². The van der Waals surface area contributed by atoms with E-state index in [1.807, 2.05) is 0 Å². The maximum atomic E-state index is 12.5. The standard InChI is InChI=1S/C15H14ClN5O4/c1-19-12-11(13(24)20(2)15(19)25)21(7-10(22)23)14(18-12)17-9-5-3-4-8(16)6-9/h3-6,11H,7H2,1-2H3,(H,22,23)/p+1. The fourth-order valence-corrected chi connectivity index (χ4v) is 2.90. The van der Waals surface area contributed by atoms with Crippen LogP contribution in [0.25, 0.3) is 0 Å². The van der Waals surface area contributed by atoms with Crippen molar-refractivity contribution in [2.24, 2.45) is 4.99 Å². The molecule has 2 aliphatic rings. The molecule has 1 atom stereocenters. The highest BCUT2D eigenvalue weighted by atomic mass is 35.5. The highest BCUT2D eigenvalue weighted by Gasteiger charge is 2.51. The maximum absolute atomic E-state index is 12.5. The summed E-state index contributed by atoms with van der Waals surface area (Å²) in [7, 11) is 2.83. The van der Waals surface area contributed by atoms with Crippen LogP contribution in [0.2, 0.25) is 5.02 Å². The molecule has 0 saturated carbocycles. The summed E-state index contributed by atoms with van der Waals surface area (Å²) < 4.78 is 1.31. The minimum atomic E-state index is -1.13. The Morgan fingerprint density at radius 3 is 2.72 bits per heavy atom. The van der Waals surface area contributed by atoms with Crippen molar-refractivity contribution < 1.29 is 24.1 Å². The lowest BCUT2D eigenvalue weighted by molar-refractivity contribution is -0.525. The summed E-state index contributed by atoms with van der Waals surface area (Å²) in [5.74, 6) is -1.32. The highest BCUT2D eigenvalue weighted by molar-refractivity contribution is 6.31. The van der Waals surface area contributed by atoms with Crippen molar-refractivity contribution in [1.82, 2.24) is 9.80 Å². The number of aliphatic imine (C=N–C) groups is 1. The second kappa shape index (κ2) is 6.17. The number of carbonyl (C=O) groups is 3. The van der Waals surface area contributed by atoms with Crippen molar-refractivity contribution >= 4 is 47.0 Å². The number of anilines is 1. The lowest BCUT2D eigenvalue weighted by Gasteiger charge is -2.31. The van der Waals surface area contributed by atoms with E-state index in [0.717, 1.165) is 4.90 Å². The Kier molecular flexibility index (Phi) is 4.17. The number of hydrogen-bond acceptors (Lipinski definition) is 5. The molecule has 1 unspecified atom stereocenters. The average Bonchev–Trinajstić information content (AvgIpc) is 2.89. The number of amidine groups is 1. The number of carboxylic acids is 1. The number of nitrogens with one attached hydrogen (secondary N) is 1. The van der Waals surface area contributed by atoms with Gasteiger partial charge in [0, 0.05) is 19.1 Å². The van der Waals surface area contributed by atoms with E-state index < -0.39 is 30.5 Å². The van der Waals surface area contributed by atoms with E-state index in [2.05, 4.69) is 10.3 Å². The van der Waals surface area contributed by atoms with Gasteiger partial charge in [-0.15, -0.1) is 0 Å². The van der Waals surface area contributed by atoms with Crippen LogP contribution in [0.1, 0.15) is 0 Å². The molecule has 2 N–H and O–H groups in total. The summed E-state index contributed by atoms with van der Waals surface area (Å²) in [5.41, 5.74) is 0.579. The number of rotatable bonds is 3. The molecule has 2 aliphatic heterocycles. The number of likely N-dealkylation sites (N-methyl/N-ethyl adjacent to an activating group) is 2. The Bertz CT molecular complexity index is 850. The van der Waals surface area contributed by atoms with Gasteiger partial charge in [-0.3, -0.25) is 14.6 Å². The maximum Gasteiger partial charge on any atom is 0.395 e. The van der Waals surface area contributed by atoms with Crippen LogP contribution in [0.3, 0.4) is 0 Å². The molecule has 25 heavy (non-hydrogen) atoms. The van der Waals surface area contributed by atoms with E-state index in [1.165, 1.54) is 23.6 Å². The molecule has 3 rings (SSSR count). The molecular weight excluding hydrogens is 350 g/mol. The molecule has 0 radical (unpaired) electrons. The van der Waals surface area contributed by atoms with Crippen LogP contribution in [0.4, 0.5) is 10.5 Å². The van der Waals surface area contributed by atoms with Crippen molar-refractivity contribution in [2.45, 2.75) is 6.04 Å². The summed E-state index contributed by atoms with van der Waals surface area (Å²) in [6.45, 7) is -0.456. The summed E-state index contributed by atoms with van der Waals surface area (Å²) in [4.78, 5) is 42.3. The first-order valence-corrected chi connectivity index (χ1v) is 7.69. The Balaban J connectivity index is 2.04. The van der Waals surface area contributed by atoms with Crippen LogP contribution < -0.4 is 5.32 Å². The first-order chi connectivity index (χ1) is 11.8. The van der Waals surface area contributed by atoms with Crippen molar-refractivity contribution in [3.05, 3.63) is 29.3 Å². The minimum Gasteiger partial charge on any atom is -0.479 e. The number of imide groups is 1. The monoisotopic (exact) mass is 364 g/mol. The molecule has 1 saturated heterocycles. The quantitative estimate of drug-likeness (QED) is 0.760. The van der Waals surface area contributed by atoms with Gasteiger partial charge in [0.05, 0.1) is 0 Å². The summed E-state index contributed by atoms with van der Waals surface area (Å²) in [5, 5.41) is 12.7. The SMILES string of the molecule is CN1C(=O)C2C(=NC(Nc3cccc(Cl)c3)=[N+]2CC(=O)O)N(C)C1=O. The van der Waals surface area contributed by atoms with Crippen molar-refractivity contribution in [2.75, 3.05) is 26.0 Å². The Hall–Kier alpha value is -2.94. The number of guanidine groups is 1. The number of carbonyl (C=O) groups excluding carboxylic acids is 2. The third-order valence-electron chi connectivity index (χ3n) is 3.92. The predicted octanol–water partition coefficient (Wildman–Crippen LogP) is 0.509. The molecule has 0 aromatic heterocycles. The number of carboxylic acid groups (broad SMARTS) is 1. The molecule has 2 heterocycles. The highest BCUT2D eigenvalue weighted by Crippen LogP contribution is 2.21. The van der Waals surface area contributed by atoms with Crippen molar-refractivity contribution in [3.63, 3.8) is 0 Å². The van der Waals surface area contributed by atoms with Crippen LogP contribution in [0.15, 0.2) is 29.3 Å². The molecule has 1 aromatic carbocycles. The zero-order chi connectivity index (χ0) is 18.3. The van der Waals surface area contributed by atoms with Crippen LogP contribution in [-0.4, -0.2) is 75.9 Å². The molecule has 3 amide bonds. The van der Waals surface area contributed by atoms with Gasteiger partial charge in [-0.1, -0.05) is 22.7 Å². The first-order valence-electron chi connectivity index (χ1n) is 7.31. The van der Waals surface area contributed by atoms with Gasteiger partial charge in [0.15, 0.2) is 6.54 Å². The summed E-state index contributed by atoms with van der Waals surface area (Å²) in [6.07, 6.45) is 0. The lowest BCUT2D eigenvalue weighted by Crippen LogP contribution is -2.61. The lowest BCUT2D eigenvalue weighted by atomic mass is 10.1. The topological polar surface area (TPSA) is 105 Å². The smallest absolute Gasteiger partial charge is 0.395 e. The summed E-state index contributed by atoms with van der Waals surface area (Å²) >= 11 is 5.95. The minimum absolute atomic E-state index is 0.160. The Morgan fingerprint density at radius 2 is 2.08 bits per heavy atom. The number of halogens is 1. The molecule has 0 spiro atoms. The number of nitrogens with zero attached hydrogens (tertiary/aromatic N) is 4. The van der Waals surface area contributed by atoms with Gasteiger partial charge in [-0.25, -0.2) is 19.5 Å². The van der Waals surface area contributed by atoms with Crippen molar-refractivity contribution in [3.8, 4) is 0 Å². The van der Waals surface area contributed by atoms with Crippen LogP contribution in [0, 0.1) is 0 Å². The number of fused-ring (bicyclic) bond motifs is 1. The fourth-order valence-electron chi connectivity index (χ4n) is 2.71. The molecule has 9 nitrogen and oxygen atoms in total. The van der Waals surface area contributed by atoms with Gasteiger partial charge in [0.1, 0.15) is 5.69 Å². The van der Waals surface area contributed by atoms with Crippen LogP contribution in [-0.2, 0) is 9.59 Å². The van der Waals surface area contributed by atoms with Crippen LogP contribution in [0.5, 0.6) is 0 Å². The van der Waals surface area contributed by atoms with E-state index in [4.69, 9.17) is 11.6 Å². The third kappa shape index (κ3) is 2.93. The number of hydrogen-bond donors (Lipinski definition) is 2. The zero-order valence-electron chi connectivity index (χ0n) is 13.4. The second-order valence-corrected chi connectivity index (χ2v) is 6.03. The first kappa shape index (κ1) is 16.9. The predicted molar refractivity (Wildman–Crippen MR) is 90.0 cm³/mol. The second-order valence-electron chi connectivity index (χ2n) is 5.59. The van der Waals surface area contributed by atoms with Gasteiger partial charge < -0.3 is 5.11 Å². The number of amides is 3. The van der Waals surface area contributed by atoms with E-state index in [1.54, 1.807) is 24.3 Å². The van der Waals surface area contributed by atoms with Gasteiger partial charge in [-0.05, 0) is 18.2 Å². The molecule has 1 fully saturated rings. The van der Waals surface area contributed by atoms with Gasteiger partial charge in [0.25, 0.3) is 5.91 Å². The molecular formula is C15H15ClN5O4+. The number of urea groups is 1. The average molecular weight is 365 g/mol. The van der Waals surface area contributed by atoms with E-state index >= 15 is 0 Å². The van der Waals surface area contributed by atoms with Gasteiger partial charge in [-0.2, -0.15) is 0 Å². The normalized spacial score (nSPS) is 20.0. The molecule has 1 aromatic rings. The van der Waals surface area contributed by atoms with E-state index in [-0.39, 0.29) is 11.8 Å². The molecule has 130 valence electrons. The molecule has 10 heteroatoms. The molecule has 0 bridgehead atoms. The fraction of sp³-hybridized carbons (Fsp3) is 0.267. The van der Waals surface area contributed by atoms with Gasteiger partial charge >= 0.3 is 18.0 Å².